The molecule has 0 atom stereocenters. The molecule has 0 bridgehead atoms. The van der Waals surface area contributed by atoms with Gasteiger partial charge in [0.05, 0.1) is 27.8 Å². The highest BCUT2D eigenvalue weighted by molar-refractivity contribution is 6.18. The Labute approximate surface area is 334 Å². The van der Waals surface area contributed by atoms with Crippen molar-refractivity contribution in [3.05, 3.63) is 200 Å². The summed E-state index contributed by atoms with van der Waals surface area (Å²) in [7, 11) is 0. The molecule has 0 saturated carbocycles. The zero-order valence-electron chi connectivity index (χ0n) is 31.4. The minimum atomic E-state index is 1.01. The van der Waals surface area contributed by atoms with Gasteiger partial charge in [-0.3, -0.25) is 4.98 Å². The minimum Gasteiger partial charge on any atom is -0.309 e. The van der Waals surface area contributed by atoms with Gasteiger partial charge in [0.2, 0.25) is 0 Å². The zero-order chi connectivity index (χ0) is 37.9. The van der Waals surface area contributed by atoms with Crippen LogP contribution in [-0.2, 0) is 0 Å². The first-order valence-corrected chi connectivity index (χ1v) is 20.0. The monoisotopic (exact) mass is 735 g/mol. The Bertz CT molecular complexity index is 3650. The van der Waals surface area contributed by atoms with Crippen molar-refractivity contribution >= 4 is 65.2 Å². The first kappa shape index (κ1) is 31.5. The van der Waals surface area contributed by atoms with Gasteiger partial charge in [-0.1, -0.05) is 127 Å². The molecule has 12 aromatic rings. The summed E-state index contributed by atoms with van der Waals surface area (Å²) in [5.41, 5.74) is 16.6. The van der Waals surface area contributed by atoms with Crippen molar-refractivity contribution in [2.45, 2.75) is 0 Å². The lowest BCUT2D eigenvalue weighted by Crippen LogP contribution is -1.95. The standard InChI is InChI=1S/C55H33N3/c1-2-15-39(16-3-1)57-52-27-25-37(31-47(52)48-29-34-12-4-5-13-35(34)32-53(48)57)36-24-26-51-46(30-36)43-20-8-9-23-50(43)58(51)40-17-10-14-38(28-40)55-45-22-11-21-44-41-18-6-7-19-42(41)49(33-56-55)54(44)45/h1-33H. The van der Waals surface area contributed by atoms with Crippen LogP contribution < -0.4 is 0 Å². The summed E-state index contributed by atoms with van der Waals surface area (Å²) in [4.78, 5) is 5.14. The van der Waals surface area contributed by atoms with E-state index in [0.717, 1.165) is 16.9 Å². The molecular formula is C55H33N3. The normalized spacial score (nSPS) is 12.1. The zero-order valence-corrected chi connectivity index (χ0v) is 31.4. The van der Waals surface area contributed by atoms with Gasteiger partial charge in [-0.05, 0) is 105 Å². The number of pyridine rings is 1. The van der Waals surface area contributed by atoms with Crippen LogP contribution in [0.25, 0.3) is 121 Å². The fourth-order valence-corrected chi connectivity index (χ4v) is 9.88. The Hall–Kier alpha value is -7.75. The van der Waals surface area contributed by atoms with E-state index in [2.05, 4.69) is 209 Å². The van der Waals surface area contributed by atoms with Gasteiger partial charge in [-0.25, -0.2) is 0 Å². The number of hydrogen-bond donors (Lipinski definition) is 0. The van der Waals surface area contributed by atoms with Crippen LogP contribution in [0.2, 0.25) is 0 Å². The number of fused-ring (bicyclic) bond motifs is 10. The third-order valence-corrected chi connectivity index (χ3v) is 12.4. The average molecular weight is 736 g/mol. The van der Waals surface area contributed by atoms with Gasteiger partial charge in [-0.2, -0.15) is 0 Å². The molecule has 0 N–H and O–H groups in total. The molecule has 268 valence electrons. The van der Waals surface area contributed by atoms with Gasteiger partial charge in [0.25, 0.3) is 0 Å². The van der Waals surface area contributed by atoms with E-state index in [1.165, 1.54) is 104 Å². The van der Waals surface area contributed by atoms with Gasteiger partial charge in [0, 0.05) is 61.0 Å². The Morgan fingerprint density at radius 1 is 0.310 bits per heavy atom. The van der Waals surface area contributed by atoms with E-state index >= 15 is 0 Å². The molecule has 0 aliphatic heterocycles. The molecule has 3 nitrogen and oxygen atoms in total. The molecule has 58 heavy (non-hydrogen) atoms. The summed E-state index contributed by atoms with van der Waals surface area (Å²) in [5.74, 6) is 0. The molecule has 3 heteroatoms. The lowest BCUT2D eigenvalue weighted by molar-refractivity contribution is 1.18. The van der Waals surface area contributed by atoms with Crippen LogP contribution in [0.5, 0.6) is 0 Å². The van der Waals surface area contributed by atoms with Gasteiger partial charge >= 0.3 is 0 Å². The summed E-state index contributed by atoms with van der Waals surface area (Å²) >= 11 is 0. The SMILES string of the molecule is c1ccc(-n2c3ccc(-c4ccc5c(c4)c4ccccc4n5-c4cccc(-c5ncc6c7c(cccc57)-c5ccccc5-6)c4)cc3c3cc4ccccc4cc32)cc1. The highest BCUT2D eigenvalue weighted by Crippen LogP contribution is 2.48. The second-order valence-corrected chi connectivity index (χ2v) is 15.5. The Balaban J connectivity index is 0.969. The summed E-state index contributed by atoms with van der Waals surface area (Å²) in [6.45, 7) is 0. The van der Waals surface area contributed by atoms with E-state index in [0.29, 0.717) is 0 Å². The Morgan fingerprint density at radius 2 is 0.879 bits per heavy atom. The lowest BCUT2D eigenvalue weighted by Gasteiger charge is -2.12. The van der Waals surface area contributed by atoms with Crippen LogP contribution in [0.15, 0.2) is 200 Å². The molecule has 0 fully saturated rings. The lowest BCUT2D eigenvalue weighted by atomic mass is 9.99. The third kappa shape index (κ3) is 4.41. The van der Waals surface area contributed by atoms with Crippen LogP contribution in [0.1, 0.15) is 0 Å². The second kappa shape index (κ2) is 11.9. The smallest absolute Gasteiger partial charge is 0.0781 e. The van der Waals surface area contributed by atoms with Crippen LogP contribution in [-0.4, -0.2) is 14.1 Å². The largest absolute Gasteiger partial charge is 0.309 e. The molecule has 9 aromatic carbocycles. The number of hydrogen-bond acceptors (Lipinski definition) is 1. The van der Waals surface area contributed by atoms with Crippen molar-refractivity contribution in [3.63, 3.8) is 0 Å². The molecule has 0 unspecified atom stereocenters. The van der Waals surface area contributed by atoms with Crippen LogP contribution in [0.3, 0.4) is 0 Å². The topological polar surface area (TPSA) is 22.8 Å². The summed E-state index contributed by atoms with van der Waals surface area (Å²) in [5, 5.41) is 9.96. The van der Waals surface area contributed by atoms with E-state index in [9.17, 15) is 0 Å². The number of nitrogens with zero attached hydrogens (tertiary/aromatic N) is 3. The highest BCUT2D eigenvalue weighted by Gasteiger charge is 2.23. The number of aromatic nitrogens is 3. The van der Waals surface area contributed by atoms with Crippen LogP contribution in [0.4, 0.5) is 0 Å². The first-order valence-electron chi connectivity index (χ1n) is 20.0. The molecule has 3 aromatic heterocycles. The quantitative estimate of drug-likeness (QED) is 0.176. The maximum atomic E-state index is 5.14. The molecular weight excluding hydrogens is 703 g/mol. The molecule has 13 rings (SSSR count). The average Bonchev–Trinajstić information content (AvgIpc) is 3.92. The molecule has 1 aliphatic carbocycles. The van der Waals surface area contributed by atoms with E-state index in [4.69, 9.17) is 4.98 Å². The van der Waals surface area contributed by atoms with Gasteiger partial charge in [0.1, 0.15) is 0 Å². The fraction of sp³-hybridized carbons (Fsp3) is 0. The second-order valence-electron chi connectivity index (χ2n) is 15.5. The third-order valence-electron chi connectivity index (χ3n) is 12.4. The van der Waals surface area contributed by atoms with E-state index in [1.807, 2.05) is 0 Å². The molecule has 0 radical (unpaired) electrons. The predicted molar refractivity (Wildman–Crippen MR) is 243 cm³/mol. The van der Waals surface area contributed by atoms with Gasteiger partial charge in [0.15, 0.2) is 0 Å². The highest BCUT2D eigenvalue weighted by atomic mass is 15.0. The van der Waals surface area contributed by atoms with E-state index < -0.39 is 0 Å². The maximum Gasteiger partial charge on any atom is 0.0781 e. The molecule has 3 heterocycles. The number of benzene rings is 9. The first-order chi connectivity index (χ1) is 28.8. The maximum absolute atomic E-state index is 5.14. The van der Waals surface area contributed by atoms with Crippen molar-refractivity contribution in [1.82, 2.24) is 14.1 Å². The molecule has 0 spiro atoms. The Morgan fingerprint density at radius 3 is 1.69 bits per heavy atom. The molecule has 1 aliphatic rings. The Kier molecular flexibility index (Phi) is 6.44. The molecule has 0 amide bonds. The van der Waals surface area contributed by atoms with Crippen molar-refractivity contribution in [3.8, 4) is 56.0 Å². The number of para-hydroxylation sites is 2. The van der Waals surface area contributed by atoms with Crippen molar-refractivity contribution < 1.29 is 0 Å². The van der Waals surface area contributed by atoms with Crippen LogP contribution in [0, 0.1) is 0 Å². The van der Waals surface area contributed by atoms with Crippen molar-refractivity contribution in [2.75, 3.05) is 0 Å². The number of rotatable bonds is 4. The predicted octanol–water partition coefficient (Wildman–Crippen LogP) is 14.6. The summed E-state index contributed by atoms with van der Waals surface area (Å²) < 4.78 is 4.82. The summed E-state index contributed by atoms with van der Waals surface area (Å²) in [6, 6.07) is 71.0. The van der Waals surface area contributed by atoms with Crippen molar-refractivity contribution in [2.24, 2.45) is 0 Å². The summed E-state index contributed by atoms with van der Waals surface area (Å²) in [6.07, 6.45) is 2.07. The van der Waals surface area contributed by atoms with E-state index in [-0.39, 0.29) is 0 Å². The van der Waals surface area contributed by atoms with Crippen LogP contribution >= 0.6 is 0 Å². The van der Waals surface area contributed by atoms with Gasteiger partial charge in [-0.15, -0.1) is 0 Å². The van der Waals surface area contributed by atoms with E-state index in [1.54, 1.807) is 0 Å². The fourth-order valence-electron chi connectivity index (χ4n) is 9.88. The van der Waals surface area contributed by atoms with Crippen molar-refractivity contribution in [1.29, 1.82) is 0 Å². The minimum absolute atomic E-state index is 1.01. The molecule has 0 saturated heterocycles. The van der Waals surface area contributed by atoms with Gasteiger partial charge < -0.3 is 9.13 Å².